The van der Waals surface area contributed by atoms with Crippen LogP contribution >= 0.6 is 11.6 Å². The Balaban J connectivity index is 2.37. The van der Waals surface area contributed by atoms with Crippen molar-refractivity contribution in [2.45, 2.75) is 25.7 Å². The van der Waals surface area contributed by atoms with Crippen molar-refractivity contribution in [3.8, 4) is 0 Å². The highest BCUT2D eigenvalue weighted by Crippen LogP contribution is 2.28. The second-order valence-corrected chi connectivity index (χ2v) is 10.3. The van der Waals surface area contributed by atoms with Gasteiger partial charge in [0.25, 0.3) is 0 Å². The van der Waals surface area contributed by atoms with E-state index in [1.54, 1.807) is 6.20 Å². The zero-order chi connectivity index (χ0) is 13.9. The molecule has 2 aromatic rings. The third-order valence-corrected chi connectivity index (χ3v) is 3.80. The van der Waals surface area contributed by atoms with Gasteiger partial charge in [-0.2, -0.15) is 0 Å². The lowest BCUT2D eigenvalue weighted by Gasteiger charge is -2.26. The van der Waals surface area contributed by atoms with E-state index >= 15 is 0 Å². The van der Waals surface area contributed by atoms with Crippen LogP contribution in [0.3, 0.4) is 0 Å². The van der Waals surface area contributed by atoms with Gasteiger partial charge in [-0.3, -0.25) is 4.98 Å². The molecule has 0 saturated carbocycles. The highest BCUT2D eigenvalue weighted by Gasteiger charge is 2.24. The number of pyridine rings is 1. The van der Waals surface area contributed by atoms with Crippen LogP contribution in [0.25, 0.3) is 0 Å². The van der Waals surface area contributed by atoms with E-state index in [1.807, 2.05) is 42.5 Å². The van der Waals surface area contributed by atoms with Crippen LogP contribution in [-0.4, -0.2) is 13.3 Å². The monoisotopic (exact) mass is 291 g/mol. The van der Waals surface area contributed by atoms with Crippen LogP contribution in [0.15, 0.2) is 48.7 Å². The summed E-state index contributed by atoms with van der Waals surface area (Å²) in [6.07, 6.45) is 1.68. The first-order valence-corrected chi connectivity index (χ1v) is 10.1. The molecule has 19 heavy (non-hydrogen) atoms. The van der Waals surface area contributed by atoms with Gasteiger partial charge in [0.2, 0.25) is 0 Å². The Bertz CT molecular complexity index is 522. The van der Waals surface area contributed by atoms with E-state index in [2.05, 4.69) is 24.6 Å². The van der Waals surface area contributed by atoms with Crippen molar-refractivity contribution in [2.75, 3.05) is 0 Å². The molecule has 0 aliphatic rings. The molecule has 4 heteroatoms. The van der Waals surface area contributed by atoms with Crippen LogP contribution in [0.5, 0.6) is 0 Å². The number of benzene rings is 1. The summed E-state index contributed by atoms with van der Waals surface area (Å²) < 4.78 is 6.28. The van der Waals surface area contributed by atoms with Crippen molar-refractivity contribution < 1.29 is 4.43 Å². The quantitative estimate of drug-likeness (QED) is 0.763. The number of hydrogen-bond donors (Lipinski definition) is 0. The minimum Gasteiger partial charge on any atom is -0.405 e. The van der Waals surface area contributed by atoms with Gasteiger partial charge in [-0.1, -0.05) is 29.8 Å². The molecule has 0 spiro atoms. The topological polar surface area (TPSA) is 22.1 Å². The molecule has 0 N–H and O–H groups in total. The molecule has 0 aliphatic heterocycles. The first-order valence-electron chi connectivity index (χ1n) is 6.30. The van der Waals surface area contributed by atoms with Gasteiger partial charge in [0.05, 0.1) is 5.69 Å². The van der Waals surface area contributed by atoms with Gasteiger partial charge >= 0.3 is 0 Å². The van der Waals surface area contributed by atoms with E-state index in [4.69, 9.17) is 16.0 Å². The summed E-state index contributed by atoms with van der Waals surface area (Å²) >= 11 is 5.95. The zero-order valence-electron chi connectivity index (χ0n) is 11.4. The van der Waals surface area contributed by atoms with Crippen molar-refractivity contribution in [1.82, 2.24) is 4.98 Å². The summed E-state index contributed by atoms with van der Waals surface area (Å²) in [5, 5.41) is 0.733. The van der Waals surface area contributed by atoms with Crippen LogP contribution < -0.4 is 0 Å². The van der Waals surface area contributed by atoms with E-state index < -0.39 is 8.32 Å². The van der Waals surface area contributed by atoms with Crippen LogP contribution in [0.4, 0.5) is 0 Å². The third kappa shape index (κ3) is 4.16. The van der Waals surface area contributed by atoms with E-state index in [-0.39, 0.29) is 6.10 Å². The maximum absolute atomic E-state index is 6.28. The van der Waals surface area contributed by atoms with Crippen LogP contribution in [0, 0.1) is 0 Å². The Kier molecular flexibility index (Phi) is 4.40. The number of rotatable bonds is 4. The molecule has 0 bridgehead atoms. The van der Waals surface area contributed by atoms with Crippen LogP contribution in [-0.2, 0) is 4.43 Å². The Morgan fingerprint density at radius 1 is 1.05 bits per heavy atom. The molecular formula is C15H18ClNOSi. The predicted molar refractivity (Wildman–Crippen MR) is 82.0 cm³/mol. The fourth-order valence-corrected chi connectivity index (χ4v) is 2.91. The second kappa shape index (κ2) is 5.86. The van der Waals surface area contributed by atoms with E-state index in [9.17, 15) is 0 Å². The van der Waals surface area contributed by atoms with Gasteiger partial charge in [-0.05, 0) is 49.5 Å². The second-order valence-electron chi connectivity index (χ2n) is 5.42. The largest absolute Gasteiger partial charge is 0.405 e. The molecule has 1 heterocycles. The van der Waals surface area contributed by atoms with Gasteiger partial charge in [-0.25, -0.2) is 0 Å². The van der Waals surface area contributed by atoms with E-state index in [0.717, 1.165) is 16.3 Å². The van der Waals surface area contributed by atoms with Gasteiger partial charge in [0.1, 0.15) is 6.10 Å². The fraction of sp³-hybridized carbons (Fsp3) is 0.267. The molecule has 0 saturated heterocycles. The van der Waals surface area contributed by atoms with E-state index in [0.29, 0.717) is 0 Å². The smallest absolute Gasteiger partial charge is 0.185 e. The summed E-state index contributed by atoms with van der Waals surface area (Å²) in [5.41, 5.74) is 2.03. The SMILES string of the molecule is C[Si](C)(C)O[C@@H](c1ccc(Cl)cc1)c1ccccn1. The lowest BCUT2D eigenvalue weighted by atomic mass is 10.1. The Labute approximate surface area is 120 Å². The zero-order valence-corrected chi connectivity index (χ0v) is 13.2. The standard InChI is InChI=1S/C15H18ClNOSi/c1-19(2,3)18-15(14-6-4-5-11-17-14)12-7-9-13(16)10-8-12/h4-11,15H,1-3H3/t15-/m0/s1. The van der Waals surface area contributed by atoms with Crippen molar-refractivity contribution >= 4 is 19.9 Å². The average molecular weight is 292 g/mol. The van der Waals surface area contributed by atoms with Gasteiger partial charge in [0, 0.05) is 11.2 Å². The molecule has 2 rings (SSSR count). The lowest BCUT2D eigenvalue weighted by Crippen LogP contribution is -2.28. The highest BCUT2D eigenvalue weighted by atomic mass is 35.5. The summed E-state index contributed by atoms with van der Waals surface area (Å²) in [4.78, 5) is 4.43. The number of hydrogen-bond acceptors (Lipinski definition) is 2. The molecule has 100 valence electrons. The van der Waals surface area contributed by atoms with Crippen molar-refractivity contribution in [2.24, 2.45) is 0 Å². The minimum atomic E-state index is -1.67. The number of halogens is 1. The van der Waals surface area contributed by atoms with Crippen molar-refractivity contribution in [3.63, 3.8) is 0 Å². The Morgan fingerprint density at radius 3 is 2.26 bits per heavy atom. The Morgan fingerprint density at radius 2 is 1.74 bits per heavy atom. The average Bonchev–Trinajstić information content (AvgIpc) is 2.37. The summed E-state index contributed by atoms with van der Waals surface area (Å²) in [6.45, 7) is 6.54. The summed E-state index contributed by atoms with van der Waals surface area (Å²) in [7, 11) is -1.67. The summed E-state index contributed by atoms with van der Waals surface area (Å²) in [5.74, 6) is 0. The maximum atomic E-state index is 6.28. The molecule has 1 aromatic heterocycles. The molecule has 1 atom stereocenters. The molecule has 2 nitrogen and oxygen atoms in total. The minimum absolute atomic E-state index is 0.120. The van der Waals surface area contributed by atoms with E-state index in [1.165, 1.54) is 0 Å². The fourth-order valence-electron chi connectivity index (χ4n) is 1.82. The van der Waals surface area contributed by atoms with Crippen molar-refractivity contribution in [3.05, 3.63) is 64.9 Å². The van der Waals surface area contributed by atoms with Gasteiger partial charge < -0.3 is 4.43 Å². The molecule has 0 fully saturated rings. The van der Waals surface area contributed by atoms with Crippen LogP contribution in [0.1, 0.15) is 17.4 Å². The molecule has 0 amide bonds. The Hall–Kier alpha value is -1.16. The molecule has 0 aliphatic carbocycles. The predicted octanol–water partition coefficient (Wildman–Crippen LogP) is 4.68. The first-order chi connectivity index (χ1) is 8.96. The van der Waals surface area contributed by atoms with Gasteiger partial charge in [0.15, 0.2) is 8.32 Å². The third-order valence-electron chi connectivity index (χ3n) is 2.60. The van der Waals surface area contributed by atoms with Crippen LogP contribution in [0.2, 0.25) is 24.7 Å². The molecular weight excluding hydrogens is 274 g/mol. The number of aromatic nitrogens is 1. The van der Waals surface area contributed by atoms with Gasteiger partial charge in [-0.15, -0.1) is 0 Å². The molecule has 1 aromatic carbocycles. The molecule has 0 radical (unpaired) electrons. The molecule has 0 unspecified atom stereocenters. The normalized spacial score (nSPS) is 13.3. The lowest BCUT2D eigenvalue weighted by molar-refractivity contribution is 0.235. The maximum Gasteiger partial charge on any atom is 0.185 e. The highest BCUT2D eigenvalue weighted by molar-refractivity contribution is 6.69. The van der Waals surface area contributed by atoms with Crippen molar-refractivity contribution in [1.29, 1.82) is 0 Å². The number of nitrogens with zero attached hydrogens (tertiary/aromatic N) is 1. The first kappa shape index (κ1) is 14.3. The summed E-state index contributed by atoms with van der Waals surface area (Å²) in [6, 6.07) is 13.7.